The highest BCUT2D eigenvalue weighted by atomic mass is 31.2. The lowest BCUT2D eigenvalue weighted by Gasteiger charge is -2.51. The molecule has 0 saturated carbocycles. The summed E-state index contributed by atoms with van der Waals surface area (Å²) in [5, 5.41) is 2.73. The molecular weight excluding hydrogens is 919 g/mol. The Balaban J connectivity index is 1.78. The number of carbonyl (C=O) groups excluding carboxylic acids is 7. The molecule has 0 spiro atoms. The maximum atomic E-state index is 14.4. The summed E-state index contributed by atoms with van der Waals surface area (Å²) in [5.41, 5.74) is -2.40. The van der Waals surface area contributed by atoms with Crippen LogP contribution in [0.3, 0.4) is 0 Å². The van der Waals surface area contributed by atoms with E-state index < -0.39 is 135 Å². The Morgan fingerprint density at radius 1 is 0.632 bits per heavy atom. The molecule has 2 aromatic carbocycles. The highest BCUT2D eigenvalue weighted by Gasteiger charge is 2.61. The predicted molar refractivity (Wildman–Crippen MR) is 233 cm³/mol. The lowest BCUT2D eigenvalue weighted by atomic mass is 9.92. The number of fused-ring (bicyclic) bond motifs is 1. The Morgan fingerprint density at radius 2 is 1.13 bits per heavy atom. The van der Waals surface area contributed by atoms with E-state index in [1.165, 1.54) is 43.5 Å². The molecule has 3 aliphatic rings. The fourth-order valence-electron chi connectivity index (χ4n) is 7.31. The van der Waals surface area contributed by atoms with E-state index in [9.17, 15) is 38.1 Å². The molecule has 2 aromatic rings. The molecule has 22 nitrogen and oxygen atoms in total. The first-order valence-corrected chi connectivity index (χ1v) is 23.0. The molecule has 0 unspecified atom stereocenters. The van der Waals surface area contributed by atoms with Crippen LogP contribution in [-0.2, 0) is 75.5 Å². The van der Waals surface area contributed by atoms with Gasteiger partial charge in [-0.2, -0.15) is 0 Å². The molecule has 374 valence electrons. The summed E-state index contributed by atoms with van der Waals surface area (Å²) in [4.78, 5) is 95.2. The minimum absolute atomic E-state index is 0.0495. The molecule has 2 saturated heterocycles. The maximum absolute atomic E-state index is 14.4. The number of methoxy groups -OCH3 is 1. The Morgan fingerprint density at radius 3 is 1.63 bits per heavy atom. The lowest BCUT2D eigenvalue weighted by Crippen LogP contribution is -2.71. The molecule has 3 aliphatic heterocycles. The van der Waals surface area contributed by atoms with Crippen LogP contribution in [0.15, 0.2) is 48.5 Å². The smallest absolute Gasteiger partial charge is 0.405 e. The summed E-state index contributed by atoms with van der Waals surface area (Å²) in [6.07, 6.45) is -13.7. The van der Waals surface area contributed by atoms with Crippen molar-refractivity contribution in [1.29, 1.82) is 0 Å². The number of imide groups is 1. The predicted octanol–water partition coefficient (Wildman–Crippen LogP) is 3.91. The summed E-state index contributed by atoms with van der Waals surface area (Å²) in [5.74, 6) is -5.43. The minimum Gasteiger partial charge on any atom is -0.497 e. The Hall–Kier alpha value is -5.48. The number of nitrogens with one attached hydrogen (secondary N) is 1. The maximum Gasteiger partial charge on any atom is 0.405 e. The topological polar surface area (TPSA) is 263 Å². The number of benzene rings is 2. The monoisotopic (exact) mass is 978 g/mol. The Bertz CT molecular complexity index is 2200. The van der Waals surface area contributed by atoms with Crippen molar-refractivity contribution in [2.24, 2.45) is 10.8 Å². The number of nitrogens with zero attached hydrogens (tertiary/aromatic N) is 1. The molecule has 1 N–H and O–H groups in total. The van der Waals surface area contributed by atoms with Crippen molar-refractivity contribution in [2.75, 3.05) is 34.5 Å². The number of esters is 5. The number of amides is 2. The Labute approximate surface area is 393 Å². The highest BCUT2D eigenvalue weighted by Crippen LogP contribution is 2.46. The van der Waals surface area contributed by atoms with Gasteiger partial charge in [-0.25, -0.2) is 9.65 Å². The fraction of sp³-hybridized carbons (Fsp3) is 0.578. The average Bonchev–Trinajstić information content (AvgIpc) is 3.52. The second-order valence-electron chi connectivity index (χ2n) is 17.9. The standard InChI is InChI=1S/C45H59N2O20P/c1-23(48)59-21-30-35(61-24(2)49)37(62-25(3)50)33(47-38(51)28-15-13-14-16-29(28)39(47)52)41(65-30)66-34-31(22-60-42(53)44(4,5)6)64-40(63-27-19-17-26(56-10)18-20-27)32(46-68(55,57-11)58-12)36(34)67-43(54)45(7,8)9/h13-20,30-37,40-41H,21-22H2,1-12H3,(H,46,55)/t30-,31-,32-,33-,34-,35-,36-,37-,40-,41+/m1/s1. The number of hydrogen-bond acceptors (Lipinski definition) is 20. The van der Waals surface area contributed by atoms with E-state index in [-0.39, 0.29) is 16.9 Å². The summed E-state index contributed by atoms with van der Waals surface area (Å²) in [6, 6.07) is 8.57. The summed E-state index contributed by atoms with van der Waals surface area (Å²) in [6.45, 7) is 11.3. The first kappa shape index (κ1) is 53.5. The third-order valence-electron chi connectivity index (χ3n) is 10.7. The van der Waals surface area contributed by atoms with Crippen LogP contribution in [0.5, 0.6) is 11.5 Å². The van der Waals surface area contributed by atoms with E-state index in [2.05, 4.69) is 5.09 Å². The van der Waals surface area contributed by atoms with Gasteiger partial charge >= 0.3 is 37.6 Å². The Kier molecular flexibility index (Phi) is 17.2. The van der Waals surface area contributed by atoms with Crippen LogP contribution >= 0.6 is 7.75 Å². The van der Waals surface area contributed by atoms with Crippen molar-refractivity contribution in [2.45, 2.75) is 124 Å². The van der Waals surface area contributed by atoms with Gasteiger partial charge in [-0.15, -0.1) is 0 Å². The van der Waals surface area contributed by atoms with Gasteiger partial charge in [0.05, 0.1) is 29.1 Å². The molecular formula is C45H59N2O20P. The number of hydrogen-bond donors (Lipinski definition) is 1. The van der Waals surface area contributed by atoms with Crippen LogP contribution in [0.4, 0.5) is 0 Å². The van der Waals surface area contributed by atoms with Gasteiger partial charge in [-0.1, -0.05) is 12.1 Å². The first-order valence-electron chi connectivity index (χ1n) is 21.4. The van der Waals surface area contributed by atoms with E-state index in [4.69, 9.17) is 56.4 Å². The second kappa shape index (κ2) is 21.9. The zero-order chi connectivity index (χ0) is 50.5. The van der Waals surface area contributed by atoms with Crippen LogP contribution in [0, 0.1) is 10.8 Å². The number of rotatable bonds is 17. The summed E-state index contributed by atoms with van der Waals surface area (Å²) < 4.78 is 85.0. The molecule has 23 heteroatoms. The lowest BCUT2D eigenvalue weighted by molar-refractivity contribution is -0.332. The molecule has 0 aliphatic carbocycles. The normalized spacial score (nSPS) is 26.3. The van der Waals surface area contributed by atoms with E-state index in [0.717, 1.165) is 35.0 Å². The van der Waals surface area contributed by atoms with E-state index in [1.54, 1.807) is 53.7 Å². The van der Waals surface area contributed by atoms with E-state index in [0.29, 0.717) is 10.6 Å². The number of carbonyl (C=O) groups is 7. The van der Waals surface area contributed by atoms with Crippen LogP contribution in [0.1, 0.15) is 83.0 Å². The fourth-order valence-corrected chi connectivity index (χ4v) is 8.30. The van der Waals surface area contributed by atoms with Crippen LogP contribution < -0.4 is 14.6 Å². The van der Waals surface area contributed by atoms with Crippen LogP contribution in [0.2, 0.25) is 0 Å². The summed E-state index contributed by atoms with van der Waals surface area (Å²) in [7, 11) is -0.741. The van der Waals surface area contributed by atoms with Gasteiger partial charge in [-0.3, -0.25) is 38.5 Å². The molecule has 3 heterocycles. The molecule has 5 rings (SSSR count). The molecule has 68 heavy (non-hydrogen) atoms. The number of ether oxygens (including phenoxy) is 10. The van der Waals surface area contributed by atoms with Crippen LogP contribution in [-0.4, -0.2) is 142 Å². The van der Waals surface area contributed by atoms with E-state index >= 15 is 0 Å². The molecule has 0 aromatic heterocycles. The van der Waals surface area contributed by atoms with Gasteiger partial charge in [0.25, 0.3) is 11.8 Å². The van der Waals surface area contributed by atoms with Gasteiger partial charge in [0.1, 0.15) is 55.1 Å². The molecule has 2 amide bonds. The molecule has 0 radical (unpaired) electrons. The third-order valence-corrected chi connectivity index (χ3v) is 12.3. The molecule has 10 atom stereocenters. The van der Waals surface area contributed by atoms with Gasteiger partial charge in [0.15, 0.2) is 24.6 Å². The molecule has 0 bridgehead atoms. The third kappa shape index (κ3) is 12.6. The van der Waals surface area contributed by atoms with Crippen molar-refractivity contribution in [3.63, 3.8) is 0 Å². The largest absolute Gasteiger partial charge is 0.497 e. The minimum atomic E-state index is -4.37. The highest BCUT2D eigenvalue weighted by molar-refractivity contribution is 7.51. The van der Waals surface area contributed by atoms with Gasteiger partial charge in [0, 0.05) is 35.0 Å². The molecule has 2 fully saturated rings. The van der Waals surface area contributed by atoms with Crippen molar-refractivity contribution in [1.82, 2.24) is 9.99 Å². The van der Waals surface area contributed by atoms with Crippen LogP contribution in [0.25, 0.3) is 0 Å². The zero-order valence-electron chi connectivity index (χ0n) is 39.9. The van der Waals surface area contributed by atoms with Gasteiger partial charge in [-0.05, 0) is 77.9 Å². The van der Waals surface area contributed by atoms with Crippen molar-refractivity contribution in [3.8, 4) is 11.5 Å². The van der Waals surface area contributed by atoms with Gasteiger partial charge < -0.3 is 56.4 Å². The SMILES string of the molecule is COc1ccc(O[C@@H]2O[C@H](COC(=O)C(C)(C)C)[C@@H](O[C@@H]3O[C@H](COC(C)=O)[C@@H](OC(C)=O)[C@H](OC(C)=O)[C@H]3N3C(=O)c4ccccc4C3=O)[C@H](OC(=O)C(C)(C)C)[C@H]2NP(=O)(OC)OC)cc1. The average molecular weight is 979 g/mol. The second-order valence-corrected chi connectivity index (χ2v) is 19.9. The van der Waals surface area contributed by atoms with Crippen molar-refractivity contribution >= 4 is 49.4 Å². The quantitative estimate of drug-likeness (QED) is 0.102. The zero-order valence-corrected chi connectivity index (χ0v) is 40.8. The van der Waals surface area contributed by atoms with Gasteiger partial charge in [0.2, 0.25) is 6.29 Å². The van der Waals surface area contributed by atoms with E-state index in [1.807, 2.05) is 0 Å². The van der Waals surface area contributed by atoms with Crippen molar-refractivity contribution < 1.29 is 94.5 Å². The first-order chi connectivity index (χ1) is 31.8. The summed E-state index contributed by atoms with van der Waals surface area (Å²) >= 11 is 0. The van der Waals surface area contributed by atoms with Crippen molar-refractivity contribution in [3.05, 3.63) is 59.7 Å².